The highest BCUT2D eigenvalue weighted by atomic mass is 16.5. The van der Waals surface area contributed by atoms with Gasteiger partial charge in [0.15, 0.2) is 0 Å². The summed E-state index contributed by atoms with van der Waals surface area (Å²) in [6.07, 6.45) is 1.29. The summed E-state index contributed by atoms with van der Waals surface area (Å²) in [4.78, 5) is 28.5. The van der Waals surface area contributed by atoms with Gasteiger partial charge in [-0.25, -0.2) is 0 Å². The van der Waals surface area contributed by atoms with Crippen molar-refractivity contribution in [2.24, 2.45) is 0 Å². The van der Waals surface area contributed by atoms with Crippen LogP contribution in [0.1, 0.15) is 29.1 Å². The van der Waals surface area contributed by atoms with E-state index in [1.165, 1.54) is 0 Å². The molecule has 0 aliphatic heterocycles. The summed E-state index contributed by atoms with van der Waals surface area (Å²) in [5, 5.41) is 9.31. The average Bonchev–Trinajstić information content (AvgIpc) is 3.22. The van der Waals surface area contributed by atoms with Crippen LogP contribution in [0.2, 0.25) is 0 Å². The third kappa shape index (κ3) is 5.19. The molecule has 2 N–H and O–H groups in total. The van der Waals surface area contributed by atoms with Crippen molar-refractivity contribution in [3.05, 3.63) is 60.0 Å². The number of carbonyl (C=O) groups excluding carboxylic acids is 2. The average molecular weight is 394 g/mol. The zero-order valence-corrected chi connectivity index (χ0v) is 16.3. The van der Waals surface area contributed by atoms with Crippen molar-refractivity contribution in [1.82, 2.24) is 15.5 Å². The monoisotopic (exact) mass is 394 g/mol. The van der Waals surface area contributed by atoms with Crippen molar-refractivity contribution in [3.63, 3.8) is 0 Å². The molecule has 0 saturated heterocycles. The van der Waals surface area contributed by atoms with Crippen LogP contribution in [0.5, 0.6) is 5.75 Å². The van der Waals surface area contributed by atoms with Crippen LogP contribution in [-0.4, -0.2) is 36.1 Å². The maximum Gasteiger partial charge on any atom is 0.253 e. The molecule has 0 bridgehead atoms. The molecule has 1 aromatic heterocycles. The Kier molecular flexibility index (Phi) is 6.57. The fraction of sp³-hybridized carbons (Fsp3) is 0.238. The second-order valence-electron chi connectivity index (χ2n) is 6.27. The number of rotatable bonds is 8. The maximum absolute atomic E-state index is 12.2. The number of ether oxygens (including phenoxy) is 1. The van der Waals surface area contributed by atoms with Crippen molar-refractivity contribution in [1.29, 1.82) is 0 Å². The minimum Gasteiger partial charge on any atom is -0.497 e. The Balaban J connectivity index is 1.52. The highest BCUT2D eigenvalue weighted by molar-refractivity contribution is 6.03. The van der Waals surface area contributed by atoms with Gasteiger partial charge in [-0.3, -0.25) is 9.59 Å². The number of nitrogens with one attached hydrogen (secondary N) is 2. The highest BCUT2D eigenvalue weighted by Gasteiger charge is 2.13. The third-order valence-corrected chi connectivity index (χ3v) is 4.28. The largest absolute Gasteiger partial charge is 0.497 e. The Morgan fingerprint density at radius 1 is 1.10 bits per heavy atom. The molecule has 1 heterocycles. The molecule has 2 amide bonds. The lowest BCUT2D eigenvalue weighted by Crippen LogP contribution is -2.21. The number of amides is 2. The van der Waals surface area contributed by atoms with Gasteiger partial charge in [-0.05, 0) is 42.8 Å². The molecule has 8 heteroatoms. The molecule has 2 aromatic carbocycles. The van der Waals surface area contributed by atoms with Crippen LogP contribution in [0.4, 0.5) is 5.69 Å². The smallest absolute Gasteiger partial charge is 0.253 e. The van der Waals surface area contributed by atoms with Crippen LogP contribution in [0.25, 0.3) is 11.4 Å². The molecule has 8 nitrogen and oxygen atoms in total. The third-order valence-electron chi connectivity index (χ3n) is 4.28. The van der Waals surface area contributed by atoms with E-state index in [4.69, 9.17) is 9.26 Å². The quantitative estimate of drug-likeness (QED) is 0.608. The van der Waals surface area contributed by atoms with E-state index in [9.17, 15) is 9.59 Å². The molecule has 0 atom stereocenters. The van der Waals surface area contributed by atoms with Crippen LogP contribution >= 0.6 is 0 Å². The number of methoxy groups -OCH3 is 1. The summed E-state index contributed by atoms with van der Waals surface area (Å²) in [5.74, 6) is 1.27. The number of hydrogen-bond acceptors (Lipinski definition) is 6. The number of aryl methyl sites for hydroxylation is 1. The summed E-state index contributed by atoms with van der Waals surface area (Å²) >= 11 is 0. The minimum atomic E-state index is -0.252. The Morgan fingerprint density at radius 2 is 1.86 bits per heavy atom. The van der Waals surface area contributed by atoms with Gasteiger partial charge < -0.3 is 19.9 Å². The zero-order chi connectivity index (χ0) is 20.6. The molecule has 150 valence electrons. The standard InChI is InChI=1S/C21H22N4O4/c1-22-21(27)16-6-3-4-7-17(16)23-18(26)8-5-9-19-24-20(25-29-19)14-10-12-15(28-2)13-11-14/h3-4,6-7,10-13H,5,8-9H2,1-2H3,(H,22,27)(H,23,26). The van der Waals surface area contributed by atoms with Crippen LogP contribution < -0.4 is 15.4 Å². The Morgan fingerprint density at radius 3 is 2.59 bits per heavy atom. The van der Waals surface area contributed by atoms with Crippen LogP contribution in [0, 0.1) is 0 Å². The van der Waals surface area contributed by atoms with Crippen molar-refractivity contribution >= 4 is 17.5 Å². The fourth-order valence-electron chi connectivity index (χ4n) is 2.75. The predicted molar refractivity (Wildman–Crippen MR) is 108 cm³/mol. The predicted octanol–water partition coefficient (Wildman–Crippen LogP) is 3.07. The first-order chi connectivity index (χ1) is 14.1. The van der Waals surface area contributed by atoms with E-state index < -0.39 is 0 Å². The van der Waals surface area contributed by atoms with E-state index in [-0.39, 0.29) is 18.2 Å². The molecule has 3 rings (SSSR count). The van der Waals surface area contributed by atoms with Gasteiger partial charge >= 0.3 is 0 Å². The lowest BCUT2D eigenvalue weighted by atomic mass is 10.1. The van der Waals surface area contributed by atoms with Gasteiger partial charge in [0, 0.05) is 25.5 Å². The molecular weight excluding hydrogens is 372 g/mol. The van der Waals surface area contributed by atoms with Crippen molar-refractivity contribution < 1.29 is 18.8 Å². The van der Waals surface area contributed by atoms with E-state index in [1.54, 1.807) is 38.4 Å². The first kappa shape index (κ1) is 20.1. The molecule has 0 aliphatic carbocycles. The molecule has 29 heavy (non-hydrogen) atoms. The zero-order valence-electron chi connectivity index (χ0n) is 16.3. The number of carbonyl (C=O) groups is 2. The van der Waals surface area contributed by atoms with Gasteiger partial charge in [0.25, 0.3) is 5.91 Å². The summed E-state index contributed by atoms with van der Waals surface area (Å²) in [5.41, 5.74) is 1.73. The van der Waals surface area contributed by atoms with Gasteiger partial charge in [-0.15, -0.1) is 0 Å². The van der Waals surface area contributed by atoms with E-state index in [0.717, 1.165) is 11.3 Å². The SMILES string of the molecule is CNC(=O)c1ccccc1NC(=O)CCCc1nc(-c2ccc(OC)cc2)no1. The molecule has 0 saturated carbocycles. The Bertz CT molecular complexity index is 982. The van der Waals surface area contributed by atoms with Crippen molar-refractivity contribution in [2.45, 2.75) is 19.3 Å². The number of anilines is 1. The highest BCUT2D eigenvalue weighted by Crippen LogP contribution is 2.20. The van der Waals surface area contributed by atoms with E-state index in [1.807, 2.05) is 24.3 Å². The van der Waals surface area contributed by atoms with Crippen LogP contribution in [0.15, 0.2) is 53.1 Å². The summed E-state index contributed by atoms with van der Waals surface area (Å²) in [6.45, 7) is 0. The Labute approximate surface area is 168 Å². The molecule has 0 fully saturated rings. The second kappa shape index (κ2) is 9.50. The first-order valence-electron chi connectivity index (χ1n) is 9.18. The summed E-state index contributed by atoms with van der Waals surface area (Å²) in [7, 11) is 3.15. The van der Waals surface area contributed by atoms with Crippen molar-refractivity contribution in [3.8, 4) is 17.1 Å². The van der Waals surface area contributed by atoms with E-state index in [0.29, 0.717) is 35.8 Å². The lowest BCUT2D eigenvalue weighted by Gasteiger charge is -2.09. The van der Waals surface area contributed by atoms with E-state index >= 15 is 0 Å². The molecule has 0 aliphatic rings. The second-order valence-corrected chi connectivity index (χ2v) is 6.27. The normalized spacial score (nSPS) is 10.4. The van der Waals surface area contributed by atoms with E-state index in [2.05, 4.69) is 20.8 Å². The number of benzene rings is 2. The first-order valence-corrected chi connectivity index (χ1v) is 9.18. The Hall–Kier alpha value is -3.68. The van der Waals surface area contributed by atoms with Crippen LogP contribution in [0.3, 0.4) is 0 Å². The maximum atomic E-state index is 12.2. The van der Waals surface area contributed by atoms with Crippen LogP contribution in [-0.2, 0) is 11.2 Å². The lowest BCUT2D eigenvalue weighted by molar-refractivity contribution is -0.116. The summed E-state index contributed by atoms with van der Waals surface area (Å²) in [6, 6.07) is 14.2. The number of aromatic nitrogens is 2. The van der Waals surface area contributed by atoms with Crippen molar-refractivity contribution in [2.75, 3.05) is 19.5 Å². The fourth-order valence-corrected chi connectivity index (χ4v) is 2.75. The minimum absolute atomic E-state index is 0.184. The van der Waals surface area contributed by atoms with Gasteiger partial charge in [-0.1, -0.05) is 17.3 Å². The molecule has 3 aromatic rings. The van der Waals surface area contributed by atoms with Gasteiger partial charge in [0.1, 0.15) is 5.75 Å². The summed E-state index contributed by atoms with van der Waals surface area (Å²) < 4.78 is 10.4. The topological polar surface area (TPSA) is 106 Å². The number of para-hydroxylation sites is 1. The molecular formula is C21H22N4O4. The molecule has 0 spiro atoms. The van der Waals surface area contributed by atoms with Gasteiger partial charge in [0.2, 0.25) is 17.6 Å². The van der Waals surface area contributed by atoms with Gasteiger partial charge in [-0.2, -0.15) is 4.98 Å². The number of hydrogen-bond donors (Lipinski definition) is 2. The molecule has 0 unspecified atom stereocenters. The molecule has 0 radical (unpaired) electrons. The number of nitrogens with zero attached hydrogens (tertiary/aromatic N) is 2. The van der Waals surface area contributed by atoms with Gasteiger partial charge in [0.05, 0.1) is 18.4 Å².